The van der Waals surface area contributed by atoms with E-state index in [4.69, 9.17) is 0 Å². The van der Waals surface area contributed by atoms with Crippen molar-refractivity contribution in [2.45, 2.75) is 25.9 Å². The van der Waals surface area contributed by atoms with Gasteiger partial charge in [-0.1, -0.05) is 0 Å². The van der Waals surface area contributed by atoms with Crippen molar-refractivity contribution in [3.05, 3.63) is 0 Å². The molecule has 2 rings (SSSR count). The average Bonchev–Trinajstić information content (AvgIpc) is 2.71. The molecule has 0 radical (unpaired) electrons. The van der Waals surface area contributed by atoms with Crippen molar-refractivity contribution in [3.8, 4) is 0 Å². The highest BCUT2D eigenvalue weighted by atomic mass is 15.4. The number of nitrogens with one attached hydrogen (secondary N) is 1. The van der Waals surface area contributed by atoms with E-state index in [1.165, 1.54) is 39.0 Å². The first-order valence-corrected chi connectivity index (χ1v) is 5.57. The fourth-order valence-corrected chi connectivity index (χ4v) is 2.40. The molecule has 0 bridgehead atoms. The van der Waals surface area contributed by atoms with Gasteiger partial charge in [-0.3, -0.25) is 9.80 Å². The van der Waals surface area contributed by atoms with Crippen LogP contribution in [0.15, 0.2) is 0 Å². The molecule has 0 aromatic heterocycles. The molecule has 76 valence electrons. The second kappa shape index (κ2) is 4.40. The van der Waals surface area contributed by atoms with E-state index in [-0.39, 0.29) is 0 Å². The smallest absolute Gasteiger partial charge is 0.0594 e. The molecular weight excluding hydrogens is 162 g/mol. The summed E-state index contributed by atoms with van der Waals surface area (Å²) in [5.74, 6) is 0. The number of piperazine rings is 1. The molecule has 0 aliphatic carbocycles. The predicted molar refractivity (Wildman–Crippen MR) is 54.7 cm³/mol. The minimum atomic E-state index is 0.671. The zero-order chi connectivity index (χ0) is 9.10. The first kappa shape index (κ1) is 9.44. The Morgan fingerprint density at radius 2 is 1.46 bits per heavy atom. The third kappa shape index (κ3) is 2.22. The molecule has 0 aromatic carbocycles. The van der Waals surface area contributed by atoms with Gasteiger partial charge in [0.05, 0.1) is 6.17 Å². The Labute approximate surface area is 81.1 Å². The van der Waals surface area contributed by atoms with Crippen molar-refractivity contribution in [1.82, 2.24) is 15.1 Å². The Morgan fingerprint density at radius 3 is 2.08 bits per heavy atom. The maximum Gasteiger partial charge on any atom is 0.0594 e. The fraction of sp³-hybridized carbons (Fsp3) is 1.00. The summed E-state index contributed by atoms with van der Waals surface area (Å²) >= 11 is 0. The number of hydrogen-bond acceptors (Lipinski definition) is 3. The number of hydrogen-bond donors (Lipinski definition) is 1. The summed E-state index contributed by atoms with van der Waals surface area (Å²) < 4.78 is 0. The van der Waals surface area contributed by atoms with E-state index in [2.05, 4.69) is 22.0 Å². The van der Waals surface area contributed by atoms with Crippen molar-refractivity contribution < 1.29 is 0 Å². The van der Waals surface area contributed by atoms with E-state index < -0.39 is 0 Å². The van der Waals surface area contributed by atoms with Crippen LogP contribution >= 0.6 is 0 Å². The Kier molecular flexibility index (Phi) is 3.19. The zero-order valence-corrected chi connectivity index (χ0v) is 8.63. The fourth-order valence-electron chi connectivity index (χ4n) is 2.40. The second-order valence-electron chi connectivity index (χ2n) is 4.16. The van der Waals surface area contributed by atoms with Crippen molar-refractivity contribution in [2.24, 2.45) is 0 Å². The normalized spacial score (nSPS) is 29.3. The van der Waals surface area contributed by atoms with Crippen molar-refractivity contribution in [3.63, 3.8) is 0 Å². The van der Waals surface area contributed by atoms with E-state index in [9.17, 15) is 0 Å². The first-order chi connectivity index (χ1) is 6.38. The molecule has 3 heteroatoms. The molecule has 1 N–H and O–H groups in total. The van der Waals surface area contributed by atoms with Gasteiger partial charge < -0.3 is 5.32 Å². The van der Waals surface area contributed by atoms with Crippen molar-refractivity contribution in [1.29, 1.82) is 0 Å². The van der Waals surface area contributed by atoms with Gasteiger partial charge >= 0.3 is 0 Å². The molecule has 0 saturated carbocycles. The molecule has 0 spiro atoms. The summed E-state index contributed by atoms with van der Waals surface area (Å²) in [5, 5.41) is 3.40. The average molecular weight is 183 g/mol. The summed E-state index contributed by atoms with van der Waals surface area (Å²) in [6, 6.07) is 0. The molecule has 2 aliphatic heterocycles. The van der Waals surface area contributed by atoms with Crippen LogP contribution in [0, 0.1) is 0 Å². The molecule has 1 atom stereocenters. The molecule has 2 heterocycles. The summed E-state index contributed by atoms with van der Waals surface area (Å²) in [6.45, 7) is 9.75. The number of nitrogens with zero attached hydrogens (tertiary/aromatic N) is 2. The third-order valence-electron chi connectivity index (χ3n) is 3.35. The van der Waals surface area contributed by atoms with E-state index in [1.54, 1.807) is 0 Å². The van der Waals surface area contributed by atoms with Crippen LogP contribution in [0.25, 0.3) is 0 Å². The van der Waals surface area contributed by atoms with Crippen LogP contribution in [-0.2, 0) is 0 Å². The summed E-state index contributed by atoms with van der Waals surface area (Å²) in [6.07, 6.45) is 3.47. The van der Waals surface area contributed by atoms with Crippen LogP contribution in [0.2, 0.25) is 0 Å². The van der Waals surface area contributed by atoms with Crippen molar-refractivity contribution in [2.75, 3.05) is 39.3 Å². The van der Waals surface area contributed by atoms with Gasteiger partial charge in [0.2, 0.25) is 0 Å². The minimum absolute atomic E-state index is 0.671. The molecule has 2 fully saturated rings. The van der Waals surface area contributed by atoms with Crippen LogP contribution in [0.3, 0.4) is 0 Å². The number of rotatable bonds is 2. The maximum absolute atomic E-state index is 3.40. The summed E-state index contributed by atoms with van der Waals surface area (Å²) in [7, 11) is 0. The van der Waals surface area contributed by atoms with Gasteiger partial charge in [0.15, 0.2) is 0 Å². The highest BCUT2D eigenvalue weighted by molar-refractivity contribution is 4.77. The lowest BCUT2D eigenvalue weighted by molar-refractivity contribution is 0.0629. The van der Waals surface area contributed by atoms with E-state index in [0.717, 1.165) is 13.1 Å². The van der Waals surface area contributed by atoms with Crippen LogP contribution in [0.1, 0.15) is 19.8 Å². The highest BCUT2D eigenvalue weighted by Crippen LogP contribution is 2.14. The third-order valence-corrected chi connectivity index (χ3v) is 3.35. The lowest BCUT2D eigenvalue weighted by Gasteiger charge is -2.37. The van der Waals surface area contributed by atoms with Gasteiger partial charge in [-0.2, -0.15) is 0 Å². The van der Waals surface area contributed by atoms with Crippen molar-refractivity contribution >= 4 is 0 Å². The SMILES string of the molecule is CC(N1CCCC1)N1CCNCC1. The molecule has 3 nitrogen and oxygen atoms in total. The van der Waals surface area contributed by atoms with Crippen LogP contribution in [0.5, 0.6) is 0 Å². The Hall–Kier alpha value is -0.120. The van der Waals surface area contributed by atoms with Gasteiger partial charge in [0, 0.05) is 26.2 Å². The van der Waals surface area contributed by atoms with E-state index >= 15 is 0 Å². The lowest BCUT2D eigenvalue weighted by Crippen LogP contribution is -2.53. The van der Waals surface area contributed by atoms with Crippen LogP contribution < -0.4 is 5.32 Å². The molecule has 2 saturated heterocycles. The standard InChI is InChI=1S/C10H21N3/c1-10(12-6-2-3-7-12)13-8-4-11-5-9-13/h10-11H,2-9H2,1H3. The minimum Gasteiger partial charge on any atom is -0.314 e. The highest BCUT2D eigenvalue weighted by Gasteiger charge is 2.24. The Morgan fingerprint density at radius 1 is 0.923 bits per heavy atom. The summed E-state index contributed by atoms with van der Waals surface area (Å²) in [5.41, 5.74) is 0. The second-order valence-corrected chi connectivity index (χ2v) is 4.16. The van der Waals surface area contributed by atoms with Crippen LogP contribution in [0.4, 0.5) is 0 Å². The molecular formula is C10H21N3. The quantitative estimate of drug-likeness (QED) is 0.666. The number of likely N-dealkylation sites (tertiary alicyclic amines) is 1. The van der Waals surface area contributed by atoms with E-state index in [0.29, 0.717) is 6.17 Å². The van der Waals surface area contributed by atoms with Gasteiger partial charge in [-0.15, -0.1) is 0 Å². The zero-order valence-electron chi connectivity index (χ0n) is 8.63. The molecule has 0 aromatic rings. The van der Waals surface area contributed by atoms with Gasteiger partial charge in [-0.25, -0.2) is 0 Å². The summed E-state index contributed by atoms with van der Waals surface area (Å²) in [4.78, 5) is 5.22. The Bertz CT molecular complexity index is 148. The first-order valence-electron chi connectivity index (χ1n) is 5.57. The largest absolute Gasteiger partial charge is 0.314 e. The lowest BCUT2D eigenvalue weighted by atomic mass is 10.3. The van der Waals surface area contributed by atoms with Gasteiger partial charge in [-0.05, 0) is 32.9 Å². The predicted octanol–water partition coefficient (Wildman–Crippen LogP) is 0.333. The molecule has 0 amide bonds. The monoisotopic (exact) mass is 183 g/mol. The van der Waals surface area contributed by atoms with E-state index in [1.807, 2.05) is 0 Å². The Balaban J connectivity index is 1.83. The van der Waals surface area contributed by atoms with Crippen LogP contribution in [-0.4, -0.2) is 55.2 Å². The topological polar surface area (TPSA) is 18.5 Å². The maximum atomic E-state index is 3.40. The molecule has 1 unspecified atom stereocenters. The van der Waals surface area contributed by atoms with Gasteiger partial charge in [0.25, 0.3) is 0 Å². The van der Waals surface area contributed by atoms with Gasteiger partial charge in [0.1, 0.15) is 0 Å². The molecule has 2 aliphatic rings. The molecule has 13 heavy (non-hydrogen) atoms.